The van der Waals surface area contributed by atoms with Crippen LogP contribution in [0.5, 0.6) is 5.75 Å². The van der Waals surface area contributed by atoms with E-state index in [0.717, 1.165) is 13.2 Å². The van der Waals surface area contributed by atoms with Crippen molar-refractivity contribution < 1.29 is 17.9 Å². The monoisotopic (exact) mass is 305 g/mol. The van der Waals surface area contributed by atoms with Gasteiger partial charge in [-0.05, 0) is 12.1 Å². The second-order valence-corrected chi connectivity index (χ2v) is 4.44. The van der Waals surface area contributed by atoms with Crippen molar-refractivity contribution in [3.05, 3.63) is 54.0 Å². The number of nitrogens with one attached hydrogen (secondary N) is 1. The number of fused-ring (bicyclic) bond motifs is 1. The molecule has 0 radical (unpaired) electrons. The Kier molecular flexibility index (Phi) is 3.54. The van der Waals surface area contributed by atoms with Crippen LogP contribution in [0.2, 0.25) is 0 Å². The molecule has 0 aliphatic carbocycles. The molecule has 0 unspecified atom stereocenters. The third-order valence-electron chi connectivity index (χ3n) is 3.04. The van der Waals surface area contributed by atoms with Gasteiger partial charge in [0.05, 0.1) is 30.0 Å². The summed E-state index contributed by atoms with van der Waals surface area (Å²) < 4.78 is 45.4. The molecule has 2 aromatic carbocycles. The van der Waals surface area contributed by atoms with Crippen LogP contribution in [-0.2, 0) is 0 Å². The van der Waals surface area contributed by atoms with E-state index in [1.807, 2.05) is 6.07 Å². The Labute approximate surface area is 123 Å². The summed E-state index contributed by atoms with van der Waals surface area (Å²) >= 11 is 0. The van der Waals surface area contributed by atoms with Gasteiger partial charge in [0.25, 0.3) is 0 Å². The predicted molar refractivity (Wildman–Crippen MR) is 75.7 cm³/mol. The zero-order chi connectivity index (χ0) is 15.7. The predicted octanol–water partition coefficient (Wildman–Crippen LogP) is 3.80. The summed E-state index contributed by atoms with van der Waals surface area (Å²) in [6.45, 7) is 0. The maximum absolute atomic E-state index is 13.8. The lowest BCUT2D eigenvalue weighted by atomic mass is 10.2. The first-order chi connectivity index (χ1) is 10.6. The second-order valence-electron chi connectivity index (χ2n) is 4.44. The molecule has 0 aliphatic heterocycles. The van der Waals surface area contributed by atoms with Crippen molar-refractivity contribution in [1.29, 1.82) is 0 Å². The Morgan fingerprint density at radius 3 is 2.45 bits per heavy atom. The van der Waals surface area contributed by atoms with Crippen LogP contribution in [-0.4, -0.2) is 17.1 Å². The minimum atomic E-state index is -1.62. The van der Waals surface area contributed by atoms with Crippen molar-refractivity contribution >= 4 is 22.5 Å². The summed E-state index contributed by atoms with van der Waals surface area (Å²) in [5, 5.41) is 2.57. The molecule has 0 atom stereocenters. The number of halogens is 3. The smallest absolute Gasteiger partial charge is 0.203 e. The Hall–Kier alpha value is -2.83. The maximum Gasteiger partial charge on any atom is 0.203 e. The van der Waals surface area contributed by atoms with Crippen LogP contribution in [0.25, 0.3) is 11.0 Å². The van der Waals surface area contributed by atoms with E-state index in [2.05, 4.69) is 20.0 Å². The zero-order valence-electron chi connectivity index (χ0n) is 11.4. The van der Waals surface area contributed by atoms with Gasteiger partial charge in [-0.25, -0.2) is 13.8 Å². The fourth-order valence-electron chi connectivity index (χ4n) is 1.98. The standard InChI is InChI=1S/C15H10F3N3O/c1-22-11-6-10(13(16)15(18)14(11)17)21-12-7-19-8-4-2-3-5-9(8)20-12/h2-7H,1H3,(H,20,21). The number of hydrogen-bond acceptors (Lipinski definition) is 4. The molecule has 7 heteroatoms. The van der Waals surface area contributed by atoms with E-state index in [1.165, 1.54) is 6.20 Å². The van der Waals surface area contributed by atoms with Gasteiger partial charge < -0.3 is 10.1 Å². The summed E-state index contributed by atoms with van der Waals surface area (Å²) in [4.78, 5) is 8.36. The largest absolute Gasteiger partial charge is 0.493 e. The van der Waals surface area contributed by atoms with Crippen LogP contribution in [0.1, 0.15) is 0 Å². The van der Waals surface area contributed by atoms with E-state index in [1.54, 1.807) is 18.2 Å². The molecule has 112 valence electrons. The molecule has 3 rings (SSSR count). The molecule has 0 aliphatic rings. The van der Waals surface area contributed by atoms with Crippen LogP contribution < -0.4 is 10.1 Å². The molecule has 0 amide bonds. The fraction of sp³-hybridized carbons (Fsp3) is 0.0667. The topological polar surface area (TPSA) is 47.0 Å². The summed E-state index contributed by atoms with van der Waals surface area (Å²) in [7, 11) is 1.16. The highest BCUT2D eigenvalue weighted by Gasteiger charge is 2.19. The quantitative estimate of drug-likeness (QED) is 0.748. The third kappa shape index (κ3) is 2.41. The molecule has 0 saturated carbocycles. The average Bonchev–Trinajstić information content (AvgIpc) is 2.55. The fourth-order valence-corrected chi connectivity index (χ4v) is 1.98. The lowest BCUT2D eigenvalue weighted by molar-refractivity contribution is 0.361. The normalized spacial score (nSPS) is 10.7. The molecule has 1 aromatic heterocycles. The molecule has 1 N–H and O–H groups in total. The Bertz CT molecular complexity index is 855. The number of ether oxygens (including phenoxy) is 1. The van der Waals surface area contributed by atoms with E-state index in [4.69, 9.17) is 0 Å². The Balaban J connectivity index is 2.02. The lowest BCUT2D eigenvalue weighted by Gasteiger charge is -2.11. The van der Waals surface area contributed by atoms with Crippen molar-refractivity contribution in [2.45, 2.75) is 0 Å². The van der Waals surface area contributed by atoms with Gasteiger partial charge in [-0.3, -0.25) is 4.98 Å². The van der Waals surface area contributed by atoms with Gasteiger partial charge in [-0.2, -0.15) is 4.39 Å². The number of hydrogen-bond donors (Lipinski definition) is 1. The van der Waals surface area contributed by atoms with Gasteiger partial charge >= 0.3 is 0 Å². The number of rotatable bonds is 3. The van der Waals surface area contributed by atoms with Crippen molar-refractivity contribution in [2.24, 2.45) is 0 Å². The number of nitrogens with zero attached hydrogens (tertiary/aromatic N) is 2. The van der Waals surface area contributed by atoms with E-state index in [9.17, 15) is 13.2 Å². The highest BCUT2D eigenvalue weighted by Crippen LogP contribution is 2.30. The van der Waals surface area contributed by atoms with E-state index >= 15 is 0 Å². The molecule has 0 saturated heterocycles. The van der Waals surface area contributed by atoms with Gasteiger partial charge in [0.1, 0.15) is 5.82 Å². The van der Waals surface area contributed by atoms with Crippen LogP contribution >= 0.6 is 0 Å². The highest BCUT2D eigenvalue weighted by molar-refractivity contribution is 5.76. The molecular formula is C15H10F3N3O. The summed E-state index contributed by atoms with van der Waals surface area (Å²) in [6, 6.07) is 8.11. The van der Waals surface area contributed by atoms with Gasteiger partial charge in [-0.1, -0.05) is 12.1 Å². The van der Waals surface area contributed by atoms with Crippen molar-refractivity contribution in [3.8, 4) is 5.75 Å². The molecule has 0 spiro atoms. The second kappa shape index (κ2) is 5.51. The first-order valence-corrected chi connectivity index (χ1v) is 6.30. The number of methoxy groups -OCH3 is 1. The lowest BCUT2D eigenvalue weighted by Crippen LogP contribution is -2.03. The Morgan fingerprint density at radius 2 is 1.73 bits per heavy atom. The number of benzene rings is 2. The Morgan fingerprint density at radius 1 is 1.00 bits per heavy atom. The minimum Gasteiger partial charge on any atom is -0.493 e. The first kappa shape index (κ1) is 14.1. The van der Waals surface area contributed by atoms with Gasteiger partial charge in [0.15, 0.2) is 17.4 Å². The summed E-state index contributed by atoms with van der Waals surface area (Å²) in [6.07, 6.45) is 1.37. The molecule has 0 fully saturated rings. The summed E-state index contributed by atoms with van der Waals surface area (Å²) in [5.41, 5.74) is 0.958. The van der Waals surface area contributed by atoms with Crippen molar-refractivity contribution in [1.82, 2.24) is 9.97 Å². The highest BCUT2D eigenvalue weighted by atomic mass is 19.2. The van der Waals surface area contributed by atoms with E-state index in [0.29, 0.717) is 11.0 Å². The van der Waals surface area contributed by atoms with E-state index < -0.39 is 23.2 Å². The first-order valence-electron chi connectivity index (χ1n) is 6.30. The number of para-hydroxylation sites is 2. The summed E-state index contributed by atoms with van der Waals surface area (Å²) in [5.74, 6) is -4.56. The van der Waals surface area contributed by atoms with Crippen molar-refractivity contribution in [2.75, 3.05) is 12.4 Å². The molecule has 4 nitrogen and oxygen atoms in total. The van der Waals surface area contributed by atoms with Crippen LogP contribution in [0, 0.1) is 17.5 Å². The minimum absolute atomic E-state index is 0.200. The van der Waals surface area contributed by atoms with Crippen LogP contribution in [0.3, 0.4) is 0 Å². The van der Waals surface area contributed by atoms with Crippen LogP contribution in [0.15, 0.2) is 36.5 Å². The van der Waals surface area contributed by atoms with Gasteiger partial charge in [0, 0.05) is 6.07 Å². The molecule has 3 aromatic rings. The molecular weight excluding hydrogens is 295 g/mol. The van der Waals surface area contributed by atoms with Gasteiger partial charge in [0.2, 0.25) is 5.82 Å². The number of anilines is 2. The van der Waals surface area contributed by atoms with Crippen LogP contribution in [0.4, 0.5) is 24.7 Å². The number of aromatic nitrogens is 2. The van der Waals surface area contributed by atoms with Crippen molar-refractivity contribution in [3.63, 3.8) is 0 Å². The molecule has 22 heavy (non-hydrogen) atoms. The van der Waals surface area contributed by atoms with Gasteiger partial charge in [-0.15, -0.1) is 0 Å². The third-order valence-corrected chi connectivity index (χ3v) is 3.04. The molecule has 1 heterocycles. The molecule has 0 bridgehead atoms. The van der Waals surface area contributed by atoms with E-state index in [-0.39, 0.29) is 11.5 Å². The maximum atomic E-state index is 13.8. The average molecular weight is 305 g/mol. The SMILES string of the molecule is COc1cc(Nc2cnc3ccccc3n2)c(F)c(F)c1F. The zero-order valence-corrected chi connectivity index (χ0v) is 11.4.